The van der Waals surface area contributed by atoms with Crippen LogP contribution >= 0.6 is 0 Å². The van der Waals surface area contributed by atoms with Gasteiger partial charge in [-0.15, -0.1) is 6.42 Å². The van der Waals surface area contributed by atoms with E-state index >= 15 is 0 Å². The van der Waals surface area contributed by atoms with Crippen LogP contribution in [0.4, 0.5) is 0 Å². The van der Waals surface area contributed by atoms with E-state index in [0.29, 0.717) is 6.04 Å². The number of rotatable bonds is 6. The topological polar surface area (TPSA) is 38.0 Å². The zero-order chi connectivity index (χ0) is 13.9. The lowest BCUT2D eigenvalue weighted by atomic mass is 9.76. The van der Waals surface area contributed by atoms with E-state index in [2.05, 4.69) is 45.9 Å². The molecule has 0 saturated carbocycles. The molecule has 0 aliphatic rings. The molecule has 0 amide bonds. The summed E-state index contributed by atoms with van der Waals surface area (Å²) in [6, 6.07) is 0.387. The molecule has 0 fully saturated rings. The first-order chi connectivity index (χ1) is 7.37. The lowest BCUT2D eigenvalue weighted by molar-refractivity contribution is 0.209. The van der Waals surface area contributed by atoms with Crippen LogP contribution in [0.2, 0.25) is 0 Å². The van der Waals surface area contributed by atoms with E-state index < -0.39 is 0 Å². The molecule has 17 heavy (non-hydrogen) atoms. The minimum absolute atomic E-state index is 0.120. The van der Waals surface area contributed by atoms with Gasteiger partial charge < -0.3 is 5.73 Å². The Hall–Kier alpha value is -0.520. The first-order valence-corrected chi connectivity index (χ1v) is 6.41. The lowest BCUT2D eigenvalue weighted by Crippen LogP contribution is -2.46. The van der Waals surface area contributed by atoms with Gasteiger partial charge in [0.15, 0.2) is 0 Å². The van der Waals surface area contributed by atoms with E-state index in [1.54, 1.807) is 0 Å². The normalized spacial score (nSPS) is 15.5. The van der Waals surface area contributed by atoms with Crippen molar-refractivity contribution in [3.05, 3.63) is 0 Å². The summed E-state index contributed by atoms with van der Waals surface area (Å²) in [7, 11) is 0. The molecule has 0 radical (unpaired) electrons. The Morgan fingerprint density at radius 1 is 1.18 bits per heavy atom. The van der Waals surface area contributed by atoms with Crippen molar-refractivity contribution >= 4 is 0 Å². The third-order valence-electron chi connectivity index (χ3n) is 2.76. The molecule has 0 rings (SSSR count). The first-order valence-electron chi connectivity index (χ1n) is 6.41. The number of hydrogen-bond donors (Lipinski definition) is 2. The van der Waals surface area contributed by atoms with Gasteiger partial charge in [0, 0.05) is 11.6 Å². The second kappa shape index (κ2) is 5.42. The molecular formula is C15H30N2. The van der Waals surface area contributed by atoms with Gasteiger partial charge in [0.2, 0.25) is 0 Å². The van der Waals surface area contributed by atoms with Gasteiger partial charge in [-0.2, -0.15) is 0 Å². The van der Waals surface area contributed by atoms with Crippen LogP contribution in [0.1, 0.15) is 61.3 Å². The summed E-state index contributed by atoms with van der Waals surface area (Å²) in [5, 5.41) is 3.47. The Morgan fingerprint density at radius 3 is 2.00 bits per heavy atom. The van der Waals surface area contributed by atoms with Gasteiger partial charge >= 0.3 is 0 Å². The molecule has 2 heteroatoms. The van der Waals surface area contributed by atoms with E-state index in [9.17, 15) is 0 Å². The van der Waals surface area contributed by atoms with E-state index in [4.69, 9.17) is 12.2 Å². The van der Waals surface area contributed by atoms with Crippen molar-refractivity contribution in [1.82, 2.24) is 5.32 Å². The van der Waals surface area contributed by atoms with Crippen LogP contribution in [-0.2, 0) is 0 Å². The Kier molecular flexibility index (Phi) is 5.25. The fourth-order valence-electron chi connectivity index (χ4n) is 2.84. The summed E-state index contributed by atoms with van der Waals surface area (Å²) < 4.78 is 0. The van der Waals surface area contributed by atoms with Gasteiger partial charge in [0.05, 0.1) is 5.54 Å². The van der Waals surface area contributed by atoms with E-state index in [0.717, 1.165) is 12.8 Å². The van der Waals surface area contributed by atoms with Gasteiger partial charge in [-0.25, -0.2) is 0 Å². The Labute approximate surface area is 108 Å². The van der Waals surface area contributed by atoms with Crippen LogP contribution in [0.25, 0.3) is 0 Å². The van der Waals surface area contributed by atoms with Crippen LogP contribution in [0, 0.1) is 17.8 Å². The molecule has 0 bridgehead atoms. The summed E-state index contributed by atoms with van der Waals surface area (Å²) in [6.07, 6.45) is 7.56. The fourth-order valence-corrected chi connectivity index (χ4v) is 2.84. The van der Waals surface area contributed by atoms with Gasteiger partial charge in [0.1, 0.15) is 0 Å². The number of nitrogens with one attached hydrogen (secondary N) is 1. The van der Waals surface area contributed by atoms with Gasteiger partial charge in [0.25, 0.3) is 0 Å². The summed E-state index contributed by atoms with van der Waals surface area (Å²) in [5.74, 6) is 2.77. The van der Waals surface area contributed by atoms with E-state index in [-0.39, 0.29) is 16.5 Å². The Morgan fingerprint density at radius 2 is 1.65 bits per heavy atom. The molecule has 0 heterocycles. The summed E-state index contributed by atoms with van der Waals surface area (Å²) in [4.78, 5) is 0. The first kappa shape index (κ1) is 16.5. The molecule has 0 aromatic heterocycles. The van der Waals surface area contributed by atoms with Crippen LogP contribution in [0.3, 0.4) is 0 Å². The molecule has 1 unspecified atom stereocenters. The summed E-state index contributed by atoms with van der Waals surface area (Å²) in [5.41, 5.74) is 5.95. The molecule has 0 aliphatic heterocycles. The smallest absolute Gasteiger partial charge is 0.0743 e. The quantitative estimate of drug-likeness (QED) is 0.698. The fraction of sp³-hybridized carbons (Fsp3) is 0.867. The molecule has 2 nitrogen and oxygen atoms in total. The molecule has 0 aliphatic carbocycles. The number of hydrogen-bond acceptors (Lipinski definition) is 2. The van der Waals surface area contributed by atoms with Gasteiger partial charge in [-0.1, -0.05) is 19.8 Å². The summed E-state index contributed by atoms with van der Waals surface area (Å²) >= 11 is 0. The Bertz CT molecular complexity index is 276. The van der Waals surface area contributed by atoms with E-state index in [1.165, 1.54) is 0 Å². The highest BCUT2D eigenvalue weighted by atomic mass is 15.0. The van der Waals surface area contributed by atoms with Crippen LogP contribution in [0.5, 0.6) is 0 Å². The lowest BCUT2D eigenvalue weighted by Gasteiger charge is -2.36. The predicted octanol–water partition coefficient (Wildman–Crippen LogP) is 2.92. The SMILES string of the molecule is C#CC(C)(C)NC(C)CC(C)(C)CC(C)(C)N. The van der Waals surface area contributed by atoms with Crippen LogP contribution < -0.4 is 11.1 Å². The maximum atomic E-state index is 6.10. The highest BCUT2D eigenvalue weighted by molar-refractivity contribution is 5.08. The van der Waals surface area contributed by atoms with Crippen molar-refractivity contribution in [3.63, 3.8) is 0 Å². The average Bonchev–Trinajstić information content (AvgIpc) is 1.96. The van der Waals surface area contributed by atoms with Crippen molar-refractivity contribution in [1.29, 1.82) is 0 Å². The van der Waals surface area contributed by atoms with Gasteiger partial charge in [-0.3, -0.25) is 5.32 Å². The molecule has 0 saturated heterocycles. The van der Waals surface area contributed by atoms with Crippen molar-refractivity contribution < 1.29 is 0 Å². The van der Waals surface area contributed by atoms with Crippen LogP contribution in [-0.4, -0.2) is 17.1 Å². The molecule has 1 atom stereocenters. The van der Waals surface area contributed by atoms with Crippen molar-refractivity contribution in [2.24, 2.45) is 11.1 Å². The monoisotopic (exact) mass is 238 g/mol. The van der Waals surface area contributed by atoms with Crippen molar-refractivity contribution in [2.75, 3.05) is 0 Å². The maximum Gasteiger partial charge on any atom is 0.0743 e. The van der Waals surface area contributed by atoms with Crippen molar-refractivity contribution in [3.8, 4) is 12.3 Å². The largest absolute Gasteiger partial charge is 0.326 e. The minimum Gasteiger partial charge on any atom is -0.326 e. The highest BCUT2D eigenvalue weighted by Gasteiger charge is 2.29. The minimum atomic E-state index is -0.242. The standard InChI is InChI=1S/C15H30N2/c1-9-15(7,8)17-12(2)10-13(3,4)11-14(5,6)16/h1,12,17H,10-11,16H2,2-8H3. The van der Waals surface area contributed by atoms with Crippen LogP contribution in [0.15, 0.2) is 0 Å². The number of terminal acetylenes is 1. The highest BCUT2D eigenvalue weighted by Crippen LogP contribution is 2.31. The zero-order valence-corrected chi connectivity index (χ0v) is 12.6. The molecule has 100 valence electrons. The van der Waals surface area contributed by atoms with E-state index in [1.807, 2.05) is 13.8 Å². The van der Waals surface area contributed by atoms with Crippen molar-refractivity contribution in [2.45, 2.75) is 78.4 Å². The van der Waals surface area contributed by atoms with Gasteiger partial charge in [-0.05, 0) is 52.9 Å². The molecule has 3 N–H and O–H groups in total. The summed E-state index contributed by atoms with van der Waals surface area (Å²) in [6.45, 7) is 14.9. The molecular weight excluding hydrogens is 208 g/mol. The number of nitrogens with two attached hydrogens (primary N) is 1. The third kappa shape index (κ3) is 8.24. The molecule has 0 spiro atoms. The average molecular weight is 238 g/mol. The Balaban J connectivity index is 4.39. The zero-order valence-electron chi connectivity index (χ0n) is 12.6. The second-order valence-corrected chi connectivity index (χ2v) is 7.35. The second-order valence-electron chi connectivity index (χ2n) is 7.35. The maximum absolute atomic E-state index is 6.10. The third-order valence-corrected chi connectivity index (χ3v) is 2.76. The predicted molar refractivity (Wildman–Crippen MR) is 76.8 cm³/mol. The molecule has 0 aromatic carbocycles. The molecule has 0 aromatic rings.